The molecular formula is C78H55N. The number of nitrogens with zero attached hydrogens (tertiary/aromatic N) is 1. The van der Waals surface area contributed by atoms with Gasteiger partial charge < -0.3 is 4.90 Å². The largest absolute Gasteiger partial charge is 0.310 e. The monoisotopic (exact) mass is 1010 g/mol. The van der Waals surface area contributed by atoms with E-state index >= 15 is 0 Å². The van der Waals surface area contributed by atoms with Gasteiger partial charge in [-0.25, -0.2) is 0 Å². The highest BCUT2D eigenvalue weighted by atomic mass is 15.1. The minimum absolute atomic E-state index is 0.106. The van der Waals surface area contributed by atoms with E-state index in [0.29, 0.717) is 0 Å². The number of rotatable bonds is 9. The molecule has 15 rings (SSSR count). The minimum Gasteiger partial charge on any atom is -0.310 e. The lowest BCUT2D eigenvalue weighted by atomic mass is 9.70. The number of benzene rings is 12. The van der Waals surface area contributed by atoms with E-state index in [9.17, 15) is 0 Å². The van der Waals surface area contributed by atoms with E-state index in [1.165, 1.54) is 122 Å². The first-order valence-electron chi connectivity index (χ1n) is 27.6. The van der Waals surface area contributed by atoms with Gasteiger partial charge in [0.15, 0.2) is 0 Å². The summed E-state index contributed by atoms with van der Waals surface area (Å²) in [5.74, 6) is 0. The maximum absolute atomic E-state index is 4.17. The van der Waals surface area contributed by atoms with Crippen LogP contribution in [0.5, 0.6) is 0 Å². The molecule has 1 spiro atoms. The lowest BCUT2D eigenvalue weighted by Crippen LogP contribution is -2.26. The van der Waals surface area contributed by atoms with Crippen LogP contribution in [0, 0.1) is 0 Å². The number of hydrogen-bond acceptors (Lipinski definition) is 1. The van der Waals surface area contributed by atoms with Crippen molar-refractivity contribution in [3.8, 4) is 89.0 Å². The third kappa shape index (κ3) is 7.23. The highest BCUT2D eigenvalue weighted by Crippen LogP contribution is 2.63. The van der Waals surface area contributed by atoms with Gasteiger partial charge in [0.1, 0.15) is 0 Å². The van der Waals surface area contributed by atoms with Crippen LogP contribution in [0.2, 0.25) is 0 Å². The summed E-state index contributed by atoms with van der Waals surface area (Å²) in [6, 6.07) is 104. The van der Waals surface area contributed by atoms with Crippen LogP contribution in [-0.4, -0.2) is 0 Å². The van der Waals surface area contributed by atoms with Crippen LogP contribution in [-0.2, 0) is 10.8 Å². The Labute approximate surface area is 463 Å². The molecule has 1 unspecified atom stereocenters. The predicted molar refractivity (Wildman–Crippen MR) is 332 cm³/mol. The van der Waals surface area contributed by atoms with Gasteiger partial charge in [0.2, 0.25) is 0 Å². The van der Waals surface area contributed by atoms with Crippen molar-refractivity contribution >= 4 is 23.1 Å². The Morgan fingerprint density at radius 3 is 1.14 bits per heavy atom. The Balaban J connectivity index is 0.736. The molecule has 1 atom stereocenters. The molecule has 0 N–H and O–H groups in total. The van der Waals surface area contributed by atoms with Gasteiger partial charge in [-0.1, -0.05) is 257 Å². The molecule has 12 aromatic carbocycles. The summed E-state index contributed by atoms with van der Waals surface area (Å²) in [5, 5.41) is 0. The molecule has 0 aliphatic heterocycles. The molecule has 1 nitrogen and oxygen atoms in total. The van der Waals surface area contributed by atoms with Gasteiger partial charge in [0.05, 0.1) is 5.41 Å². The number of fused-ring (bicyclic) bond motifs is 13. The fourth-order valence-electron chi connectivity index (χ4n) is 13.6. The quantitative estimate of drug-likeness (QED) is 0.139. The van der Waals surface area contributed by atoms with Crippen molar-refractivity contribution in [3.05, 3.63) is 325 Å². The topological polar surface area (TPSA) is 3.24 Å². The number of hydrogen-bond donors (Lipinski definition) is 0. The highest BCUT2D eigenvalue weighted by Gasteiger charge is 2.52. The summed E-state index contributed by atoms with van der Waals surface area (Å²) >= 11 is 0. The minimum atomic E-state index is -0.462. The molecule has 0 heterocycles. The number of anilines is 3. The maximum atomic E-state index is 4.17. The average Bonchev–Trinajstić information content (AvgIpc) is 2.94. The van der Waals surface area contributed by atoms with Gasteiger partial charge in [0.25, 0.3) is 0 Å². The van der Waals surface area contributed by atoms with Crippen LogP contribution in [0.15, 0.2) is 286 Å². The van der Waals surface area contributed by atoms with Gasteiger partial charge in [0, 0.05) is 22.5 Å². The molecule has 0 aromatic heterocycles. The average molecular weight is 1010 g/mol. The first-order valence-corrected chi connectivity index (χ1v) is 27.6. The summed E-state index contributed by atoms with van der Waals surface area (Å²) < 4.78 is 0. The summed E-state index contributed by atoms with van der Waals surface area (Å²) in [6.07, 6.45) is 1.97. The molecule has 3 aliphatic rings. The van der Waals surface area contributed by atoms with Gasteiger partial charge >= 0.3 is 0 Å². The molecule has 0 amide bonds. The van der Waals surface area contributed by atoms with E-state index in [-0.39, 0.29) is 5.41 Å². The second-order valence-corrected chi connectivity index (χ2v) is 22.0. The molecule has 0 radical (unpaired) electrons. The van der Waals surface area contributed by atoms with E-state index < -0.39 is 5.41 Å². The third-order valence-corrected chi connectivity index (χ3v) is 17.5. The molecule has 12 aromatic rings. The van der Waals surface area contributed by atoms with Crippen LogP contribution in [0.3, 0.4) is 0 Å². The van der Waals surface area contributed by atoms with Crippen molar-refractivity contribution in [2.75, 3.05) is 4.90 Å². The van der Waals surface area contributed by atoms with Gasteiger partial charge in [-0.3, -0.25) is 0 Å². The SMILES string of the molecule is C=Cc1ccccc1-c1ccc2c(c1)C1(c3ccccc3-c3ccc(-c4ccc(-c5ccc(-c6ccc(N(c7ccc(-c8ccccc8)cc7)c7ccc8c(c7)C(C)(C)c7ccccc7-8)cc6)cc5)cc4)cc31)c1ccccc1-2. The van der Waals surface area contributed by atoms with E-state index in [4.69, 9.17) is 0 Å². The Bertz CT molecular complexity index is 4360. The first kappa shape index (κ1) is 46.5. The van der Waals surface area contributed by atoms with E-state index in [2.05, 4.69) is 304 Å². The summed E-state index contributed by atoms with van der Waals surface area (Å²) in [6.45, 7) is 8.88. The summed E-state index contributed by atoms with van der Waals surface area (Å²) in [7, 11) is 0. The summed E-state index contributed by atoms with van der Waals surface area (Å²) in [5.41, 5.74) is 31.9. The maximum Gasteiger partial charge on any atom is 0.0725 e. The highest BCUT2D eigenvalue weighted by molar-refractivity contribution is 5.97. The molecular weight excluding hydrogens is 951 g/mol. The molecule has 0 saturated carbocycles. The predicted octanol–water partition coefficient (Wildman–Crippen LogP) is 20.8. The zero-order valence-corrected chi connectivity index (χ0v) is 44.3. The molecule has 0 fully saturated rings. The van der Waals surface area contributed by atoms with Crippen LogP contribution in [0.1, 0.15) is 52.8 Å². The van der Waals surface area contributed by atoms with Gasteiger partial charge in [-0.05, 0) is 176 Å². The van der Waals surface area contributed by atoms with Crippen molar-refractivity contribution in [2.24, 2.45) is 0 Å². The van der Waals surface area contributed by atoms with Crippen LogP contribution in [0.4, 0.5) is 17.1 Å². The Morgan fingerprint density at radius 2 is 0.608 bits per heavy atom. The van der Waals surface area contributed by atoms with Crippen molar-refractivity contribution in [1.82, 2.24) is 0 Å². The Morgan fingerprint density at radius 1 is 0.266 bits per heavy atom. The molecule has 3 aliphatic carbocycles. The van der Waals surface area contributed by atoms with Gasteiger partial charge in [-0.2, -0.15) is 0 Å². The molecule has 372 valence electrons. The zero-order chi connectivity index (χ0) is 52.8. The molecule has 0 saturated heterocycles. The fourth-order valence-corrected chi connectivity index (χ4v) is 13.6. The van der Waals surface area contributed by atoms with E-state index in [0.717, 1.165) is 22.6 Å². The normalized spacial score (nSPS) is 14.7. The fraction of sp³-hybridized carbons (Fsp3) is 0.0513. The van der Waals surface area contributed by atoms with Crippen molar-refractivity contribution in [2.45, 2.75) is 24.7 Å². The van der Waals surface area contributed by atoms with Crippen LogP contribution >= 0.6 is 0 Å². The van der Waals surface area contributed by atoms with Crippen molar-refractivity contribution in [3.63, 3.8) is 0 Å². The zero-order valence-electron chi connectivity index (χ0n) is 44.3. The van der Waals surface area contributed by atoms with Gasteiger partial charge in [-0.15, -0.1) is 0 Å². The third-order valence-electron chi connectivity index (χ3n) is 17.5. The first-order chi connectivity index (χ1) is 38.9. The Kier molecular flexibility index (Phi) is 10.7. The Hall–Kier alpha value is -9.82. The van der Waals surface area contributed by atoms with Crippen molar-refractivity contribution in [1.29, 1.82) is 0 Å². The lowest BCUT2D eigenvalue weighted by molar-refractivity contribution is 0.660. The lowest BCUT2D eigenvalue weighted by Gasteiger charge is -2.31. The molecule has 79 heavy (non-hydrogen) atoms. The van der Waals surface area contributed by atoms with Crippen molar-refractivity contribution < 1.29 is 0 Å². The second kappa shape index (κ2) is 18.2. The summed E-state index contributed by atoms with van der Waals surface area (Å²) in [4.78, 5) is 2.40. The van der Waals surface area contributed by atoms with Crippen LogP contribution in [0.25, 0.3) is 95.1 Å². The van der Waals surface area contributed by atoms with Crippen LogP contribution < -0.4 is 4.90 Å². The van der Waals surface area contributed by atoms with E-state index in [1.54, 1.807) is 0 Å². The standard InChI is InChI=1S/C78H55N/c1-4-51-16-8-9-19-64(51)60-39-46-70-67-22-12-15-25-73(67)78(76(70)49-60)72-24-14-11-21-66(72)69-45-38-59(48-75(69)78)58-32-30-54(31-33-58)53-26-28-55(29-27-53)57-36-42-62(43-37-57)79(61-40-34-56(35-41-61)52-17-6-5-7-18-52)63-44-47-68-65-20-10-13-23-71(65)77(2,3)74(68)50-63/h4-50H,1H2,2-3H3. The molecule has 1 heteroatoms. The smallest absolute Gasteiger partial charge is 0.0725 e. The molecule has 0 bridgehead atoms. The second-order valence-electron chi connectivity index (χ2n) is 22.0. The van der Waals surface area contributed by atoms with E-state index in [1.807, 2.05) is 6.08 Å².